The minimum Gasteiger partial charge on any atom is -0.397 e. The van der Waals surface area contributed by atoms with E-state index in [0.717, 1.165) is 36.1 Å². The maximum Gasteiger partial charge on any atom is 0.0951 e. The number of hydrogen-bond acceptors (Lipinski definition) is 3. The molecule has 3 rings (SSSR count). The fraction of sp³-hybridized carbons (Fsp3) is 0.438. The monoisotopic (exact) mass is 255 g/mol. The van der Waals surface area contributed by atoms with Gasteiger partial charge < -0.3 is 10.6 Å². The lowest BCUT2D eigenvalue weighted by atomic mass is 9.88. The van der Waals surface area contributed by atoms with Crippen LogP contribution in [0.25, 0.3) is 10.9 Å². The average molecular weight is 255 g/mol. The summed E-state index contributed by atoms with van der Waals surface area (Å²) in [4.78, 5) is 6.90. The Morgan fingerprint density at radius 1 is 1.21 bits per heavy atom. The van der Waals surface area contributed by atoms with Gasteiger partial charge in [0.25, 0.3) is 0 Å². The predicted molar refractivity (Wildman–Crippen MR) is 81.3 cm³/mol. The third-order valence-electron chi connectivity index (χ3n) is 4.45. The molecule has 2 atom stereocenters. The molecule has 1 aliphatic rings. The van der Waals surface area contributed by atoms with Crippen molar-refractivity contribution in [3.05, 3.63) is 30.5 Å². The molecule has 100 valence electrons. The van der Waals surface area contributed by atoms with E-state index in [1.54, 1.807) is 0 Å². The highest BCUT2D eigenvalue weighted by Gasteiger charge is 2.24. The van der Waals surface area contributed by atoms with Crippen molar-refractivity contribution in [2.45, 2.75) is 20.3 Å². The van der Waals surface area contributed by atoms with Gasteiger partial charge in [0.2, 0.25) is 0 Å². The van der Waals surface area contributed by atoms with Gasteiger partial charge in [-0.3, -0.25) is 4.98 Å². The number of nitrogen functional groups attached to an aromatic ring is 1. The van der Waals surface area contributed by atoms with Crippen molar-refractivity contribution < 1.29 is 0 Å². The van der Waals surface area contributed by atoms with Gasteiger partial charge in [-0.05, 0) is 42.5 Å². The third kappa shape index (κ3) is 2.14. The van der Waals surface area contributed by atoms with Gasteiger partial charge in [0.1, 0.15) is 0 Å². The van der Waals surface area contributed by atoms with Crippen LogP contribution < -0.4 is 10.6 Å². The number of aromatic nitrogens is 1. The Balaban J connectivity index is 2.04. The molecule has 1 saturated heterocycles. The molecule has 0 saturated carbocycles. The molecule has 0 radical (unpaired) electrons. The van der Waals surface area contributed by atoms with Crippen molar-refractivity contribution >= 4 is 22.3 Å². The van der Waals surface area contributed by atoms with Gasteiger partial charge in [-0.15, -0.1) is 0 Å². The van der Waals surface area contributed by atoms with Crippen LogP contribution in [0.2, 0.25) is 0 Å². The largest absolute Gasteiger partial charge is 0.397 e. The quantitative estimate of drug-likeness (QED) is 0.795. The predicted octanol–water partition coefficient (Wildman–Crippen LogP) is 3.30. The first-order valence-electron chi connectivity index (χ1n) is 7.05. The number of anilines is 2. The van der Waals surface area contributed by atoms with Crippen molar-refractivity contribution in [3.63, 3.8) is 0 Å². The molecule has 2 heterocycles. The van der Waals surface area contributed by atoms with Crippen LogP contribution in [0.1, 0.15) is 20.3 Å². The van der Waals surface area contributed by atoms with Crippen molar-refractivity contribution in [3.8, 4) is 0 Å². The second-order valence-corrected chi connectivity index (χ2v) is 5.76. The number of rotatable bonds is 1. The fourth-order valence-corrected chi connectivity index (χ4v) is 2.94. The van der Waals surface area contributed by atoms with E-state index in [9.17, 15) is 0 Å². The van der Waals surface area contributed by atoms with Crippen LogP contribution in [0.5, 0.6) is 0 Å². The molecule has 1 aliphatic heterocycles. The number of benzene rings is 1. The van der Waals surface area contributed by atoms with Crippen LogP contribution in [-0.2, 0) is 0 Å². The SMILES string of the molecule is CC1CCN(c2ccc(N)c3ncccc23)CC1C. The van der Waals surface area contributed by atoms with E-state index in [-0.39, 0.29) is 0 Å². The maximum absolute atomic E-state index is 6.02. The Kier molecular flexibility index (Phi) is 3.05. The second kappa shape index (κ2) is 4.72. The first-order valence-corrected chi connectivity index (χ1v) is 7.05. The second-order valence-electron chi connectivity index (χ2n) is 5.76. The van der Waals surface area contributed by atoms with E-state index >= 15 is 0 Å². The molecule has 2 aromatic rings. The van der Waals surface area contributed by atoms with E-state index in [1.807, 2.05) is 18.3 Å². The zero-order valence-corrected chi connectivity index (χ0v) is 11.6. The molecule has 1 fully saturated rings. The Hall–Kier alpha value is -1.77. The molecule has 2 N–H and O–H groups in total. The van der Waals surface area contributed by atoms with Crippen molar-refractivity contribution in [2.24, 2.45) is 11.8 Å². The van der Waals surface area contributed by atoms with Gasteiger partial charge in [0, 0.05) is 30.4 Å². The molecule has 3 nitrogen and oxygen atoms in total. The Morgan fingerprint density at radius 2 is 2.05 bits per heavy atom. The molecule has 1 aromatic heterocycles. The lowest BCUT2D eigenvalue weighted by molar-refractivity contribution is 0.324. The summed E-state index contributed by atoms with van der Waals surface area (Å²) in [5.74, 6) is 1.55. The smallest absolute Gasteiger partial charge is 0.0951 e. The Bertz CT molecular complexity index is 594. The van der Waals surface area contributed by atoms with Crippen LogP contribution in [0, 0.1) is 11.8 Å². The standard InChI is InChI=1S/C16H21N3/c1-11-7-9-19(10-12(11)2)15-6-5-14(17)16-13(15)4-3-8-18-16/h3-6,8,11-12H,7,9-10,17H2,1-2H3. The molecule has 0 bridgehead atoms. The molecule has 3 heteroatoms. The average Bonchev–Trinajstić information content (AvgIpc) is 2.43. The minimum absolute atomic E-state index is 0.734. The van der Waals surface area contributed by atoms with Crippen LogP contribution in [0.15, 0.2) is 30.5 Å². The van der Waals surface area contributed by atoms with Gasteiger partial charge in [-0.2, -0.15) is 0 Å². The number of nitrogens with zero attached hydrogens (tertiary/aromatic N) is 2. The summed E-state index contributed by atoms with van der Waals surface area (Å²) in [6.07, 6.45) is 3.07. The normalized spacial score (nSPS) is 23.8. The van der Waals surface area contributed by atoms with E-state index in [2.05, 4.69) is 35.9 Å². The number of hydrogen-bond donors (Lipinski definition) is 1. The highest BCUT2D eigenvalue weighted by atomic mass is 15.1. The van der Waals surface area contributed by atoms with Crippen LogP contribution in [0.3, 0.4) is 0 Å². The molecule has 0 spiro atoms. The number of piperidine rings is 1. The summed E-state index contributed by atoms with van der Waals surface area (Å²) < 4.78 is 0. The highest BCUT2D eigenvalue weighted by Crippen LogP contribution is 2.33. The zero-order chi connectivity index (χ0) is 13.4. The number of nitrogens with two attached hydrogens (primary N) is 1. The number of pyridine rings is 1. The Labute approximate surface area is 114 Å². The van der Waals surface area contributed by atoms with Crippen LogP contribution in [0.4, 0.5) is 11.4 Å². The van der Waals surface area contributed by atoms with Gasteiger partial charge >= 0.3 is 0 Å². The van der Waals surface area contributed by atoms with Gasteiger partial charge in [-0.1, -0.05) is 13.8 Å². The van der Waals surface area contributed by atoms with Crippen molar-refractivity contribution in [1.29, 1.82) is 0 Å². The summed E-state index contributed by atoms with van der Waals surface area (Å²) >= 11 is 0. The molecule has 0 aliphatic carbocycles. The molecule has 1 aromatic carbocycles. The first-order chi connectivity index (χ1) is 9.16. The van der Waals surface area contributed by atoms with Gasteiger partial charge in [0.15, 0.2) is 0 Å². The van der Waals surface area contributed by atoms with Crippen LogP contribution >= 0.6 is 0 Å². The van der Waals surface area contributed by atoms with Gasteiger partial charge in [0.05, 0.1) is 11.2 Å². The molecule has 19 heavy (non-hydrogen) atoms. The van der Waals surface area contributed by atoms with E-state index < -0.39 is 0 Å². The Morgan fingerprint density at radius 3 is 2.84 bits per heavy atom. The molecular weight excluding hydrogens is 234 g/mol. The molecular formula is C16H21N3. The van der Waals surface area contributed by atoms with Crippen LogP contribution in [-0.4, -0.2) is 18.1 Å². The lowest BCUT2D eigenvalue weighted by Crippen LogP contribution is -2.38. The van der Waals surface area contributed by atoms with Crippen molar-refractivity contribution in [1.82, 2.24) is 4.98 Å². The van der Waals surface area contributed by atoms with Crippen molar-refractivity contribution in [2.75, 3.05) is 23.7 Å². The topological polar surface area (TPSA) is 42.1 Å². The van der Waals surface area contributed by atoms with Gasteiger partial charge in [-0.25, -0.2) is 0 Å². The summed E-state index contributed by atoms with van der Waals surface area (Å²) in [7, 11) is 0. The fourth-order valence-electron chi connectivity index (χ4n) is 2.94. The number of fused-ring (bicyclic) bond motifs is 1. The summed E-state index contributed by atoms with van der Waals surface area (Å²) in [6.45, 7) is 6.94. The zero-order valence-electron chi connectivity index (χ0n) is 11.6. The maximum atomic E-state index is 6.02. The minimum atomic E-state index is 0.734. The van der Waals surface area contributed by atoms with E-state index in [0.29, 0.717) is 0 Å². The summed E-state index contributed by atoms with van der Waals surface area (Å²) in [5, 5.41) is 1.17. The molecule has 2 unspecified atom stereocenters. The lowest BCUT2D eigenvalue weighted by Gasteiger charge is -2.37. The highest BCUT2D eigenvalue weighted by molar-refractivity contribution is 5.98. The molecule has 0 amide bonds. The third-order valence-corrected chi connectivity index (χ3v) is 4.45. The first kappa shape index (κ1) is 12.3. The van der Waals surface area contributed by atoms with E-state index in [4.69, 9.17) is 5.73 Å². The van der Waals surface area contributed by atoms with E-state index in [1.165, 1.54) is 17.5 Å². The summed E-state index contributed by atoms with van der Waals surface area (Å²) in [5.41, 5.74) is 8.98. The summed E-state index contributed by atoms with van der Waals surface area (Å²) in [6, 6.07) is 8.23.